The highest BCUT2D eigenvalue weighted by Crippen LogP contribution is 2.47. The normalized spacial score (nSPS) is 11.9. The molecule has 13 aromatic rings. The van der Waals surface area contributed by atoms with Crippen molar-refractivity contribution in [2.75, 3.05) is 0 Å². The number of hydrogen-bond acceptors (Lipinski definition) is 3. The lowest BCUT2D eigenvalue weighted by Gasteiger charge is -2.18. The molecular weight excluding hydrogens is 755 g/mol. The number of para-hydroxylation sites is 2. The maximum atomic E-state index is 9.96. The summed E-state index contributed by atoms with van der Waals surface area (Å²) in [6, 6.07) is 73.2. The number of pyridine rings is 1. The van der Waals surface area contributed by atoms with E-state index in [0.717, 1.165) is 93.5 Å². The fourth-order valence-corrected chi connectivity index (χ4v) is 10.1. The van der Waals surface area contributed by atoms with Crippen LogP contribution in [0.1, 0.15) is 5.56 Å². The van der Waals surface area contributed by atoms with E-state index in [-0.39, 0.29) is 0 Å². The second-order valence-electron chi connectivity index (χ2n) is 16.1. The molecule has 13 rings (SSSR count). The van der Waals surface area contributed by atoms with Gasteiger partial charge >= 0.3 is 0 Å². The molecule has 0 radical (unpaired) electrons. The van der Waals surface area contributed by atoms with Crippen LogP contribution in [0.5, 0.6) is 0 Å². The summed E-state index contributed by atoms with van der Waals surface area (Å²) in [5, 5.41) is 22.2. The summed E-state index contributed by atoms with van der Waals surface area (Å²) in [5.74, 6) is 0. The number of aromatic nitrogens is 2. The monoisotopic (exact) mass is 787 g/mol. The molecule has 3 aromatic heterocycles. The van der Waals surface area contributed by atoms with Crippen LogP contribution in [0.3, 0.4) is 0 Å². The first-order valence-electron chi connectivity index (χ1n) is 20.9. The first-order valence-corrected chi connectivity index (χ1v) is 20.9. The summed E-state index contributed by atoms with van der Waals surface area (Å²) in [4.78, 5) is 5.47. The maximum absolute atomic E-state index is 9.96. The van der Waals surface area contributed by atoms with Gasteiger partial charge in [-0.25, -0.2) is 4.98 Å². The van der Waals surface area contributed by atoms with Crippen molar-refractivity contribution in [2.24, 2.45) is 0 Å². The van der Waals surface area contributed by atoms with Gasteiger partial charge in [-0.1, -0.05) is 140 Å². The predicted octanol–water partition coefficient (Wildman–Crippen LogP) is 15.6. The molecule has 0 amide bonds. The van der Waals surface area contributed by atoms with Crippen molar-refractivity contribution < 1.29 is 4.42 Å². The minimum absolute atomic E-state index is 0.644. The highest BCUT2D eigenvalue weighted by Gasteiger charge is 2.22. The number of fused-ring (bicyclic) bond motifs is 12. The standard InChI is InChI=1S/C58H33N3O/c59-34-35-23-29-51-48(31-35)49-32-37(25-30-52(49)61(51)39-15-5-2-6-16-39)54-41-18-7-9-20-43(41)55(44-21-10-8-19-42(44)54)38-24-26-46-50(33-38)60-57(36-13-3-1-4-14-36)47-28-27-45-40-17-11-12-22-53(40)62-58(45)56(46)47/h1-33H. The third-order valence-electron chi connectivity index (χ3n) is 12.8. The summed E-state index contributed by atoms with van der Waals surface area (Å²) in [6.45, 7) is 0. The van der Waals surface area contributed by atoms with E-state index in [4.69, 9.17) is 9.40 Å². The molecule has 10 aromatic carbocycles. The average molecular weight is 788 g/mol. The number of nitriles is 1. The lowest BCUT2D eigenvalue weighted by atomic mass is 9.85. The van der Waals surface area contributed by atoms with Crippen molar-refractivity contribution in [3.8, 4) is 45.3 Å². The maximum Gasteiger partial charge on any atom is 0.144 e. The van der Waals surface area contributed by atoms with Gasteiger partial charge in [0.25, 0.3) is 0 Å². The largest absolute Gasteiger partial charge is 0.455 e. The topological polar surface area (TPSA) is 54.8 Å². The first-order chi connectivity index (χ1) is 30.7. The van der Waals surface area contributed by atoms with Crippen LogP contribution in [0.25, 0.3) is 126 Å². The van der Waals surface area contributed by atoms with Gasteiger partial charge in [-0.3, -0.25) is 0 Å². The molecule has 4 heteroatoms. The van der Waals surface area contributed by atoms with E-state index in [9.17, 15) is 5.26 Å². The molecule has 62 heavy (non-hydrogen) atoms. The van der Waals surface area contributed by atoms with Crippen LogP contribution in [0.4, 0.5) is 0 Å². The molecule has 0 aliphatic rings. The second kappa shape index (κ2) is 13.2. The Labute approximate surface area is 355 Å². The molecule has 0 aliphatic carbocycles. The van der Waals surface area contributed by atoms with Crippen molar-refractivity contribution in [2.45, 2.75) is 0 Å². The van der Waals surface area contributed by atoms with Crippen LogP contribution in [0.15, 0.2) is 205 Å². The Kier molecular flexibility index (Phi) is 7.34. The molecular formula is C58H33N3O. The summed E-state index contributed by atoms with van der Waals surface area (Å²) in [6.07, 6.45) is 0. The zero-order valence-electron chi connectivity index (χ0n) is 33.3. The van der Waals surface area contributed by atoms with Crippen molar-refractivity contribution in [3.63, 3.8) is 0 Å². The van der Waals surface area contributed by atoms with Crippen LogP contribution in [-0.2, 0) is 0 Å². The first kappa shape index (κ1) is 34.4. The molecule has 0 fully saturated rings. The Bertz CT molecular complexity index is 3980. The van der Waals surface area contributed by atoms with Gasteiger partial charge in [-0.15, -0.1) is 0 Å². The summed E-state index contributed by atoms with van der Waals surface area (Å²) < 4.78 is 8.99. The van der Waals surface area contributed by atoms with E-state index in [2.05, 4.69) is 174 Å². The zero-order valence-corrected chi connectivity index (χ0v) is 33.3. The summed E-state index contributed by atoms with van der Waals surface area (Å²) >= 11 is 0. The third kappa shape index (κ3) is 4.97. The van der Waals surface area contributed by atoms with Gasteiger partial charge in [0.05, 0.1) is 33.9 Å². The Balaban J connectivity index is 1.08. The number of rotatable bonds is 4. The van der Waals surface area contributed by atoms with Gasteiger partial charge in [0.2, 0.25) is 0 Å². The molecule has 0 atom stereocenters. The van der Waals surface area contributed by atoms with Gasteiger partial charge in [0.15, 0.2) is 0 Å². The molecule has 0 saturated heterocycles. The molecule has 0 saturated carbocycles. The van der Waals surface area contributed by atoms with E-state index in [1.807, 2.05) is 36.4 Å². The van der Waals surface area contributed by atoms with E-state index in [0.29, 0.717) is 5.56 Å². The number of nitrogens with zero attached hydrogens (tertiary/aromatic N) is 3. The van der Waals surface area contributed by atoms with Crippen LogP contribution < -0.4 is 0 Å². The predicted molar refractivity (Wildman–Crippen MR) is 257 cm³/mol. The highest BCUT2D eigenvalue weighted by molar-refractivity contribution is 6.26. The number of hydrogen-bond donors (Lipinski definition) is 0. The van der Waals surface area contributed by atoms with Gasteiger partial charge in [0, 0.05) is 49.0 Å². The quantitative estimate of drug-likeness (QED) is 0.132. The van der Waals surface area contributed by atoms with Crippen LogP contribution in [0.2, 0.25) is 0 Å². The van der Waals surface area contributed by atoms with Crippen LogP contribution in [0, 0.1) is 11.3 Å². The SMILES string of the molecule is N#Cc1ccc2c(c1)c1cc(-c3c4ccccc4c(-c4ccc5c(c4)nc(-c4ccccc4)c4ccc6c7ccccc7oc6c45)c4ccccc34)ccc1n2-c1ccccc1. The lowest BCUT2D eigenvalue weighted by Crippen LogP contribution is -1.94. The molecule has 4 nitrogen and oxygen atoms in total. The van der Waals surface area contributed by atoms with Gasteiger partial charge in [-0.05, 0) is 104 Å². The lowest BCUT2D eigenvalue weighted by molar-refractivity contribution is 0.673. The summed E-state index contributed by atoms with van der Waals surface area (Å²) in [7, 11) is 0. The van der Waals surface area contributed by atoms with Crippen molar-refractivity contribution in [1.29, 1.82) is 5.26 Å². The van der Waals surface area contributed by atoms with E-state index in [1.54, 1.807) is 0 Å². The molecule has 286 valence electrons. The average Bonchev–Trinajstić information content (AvgIpc) is 3.88. The number of furan rings is 1. The van der Waals surface area contributed by atoms with Gasteiger partial charge in [0.1, 0.15) is 11.2 Å². The molecule has 0 N–H and O–H groups in total. The zero-order chi connectivity index (χ0) is 40.9. The van der Waals surface area contributed by atoms with Crippen LogP contribution in [-0.4, -0.2) is 9.55 Å². The Morgan fingerprint density at radius 2 is 0.968 bits per heavy atom. The minimum Gasteiger partial charge on any atom is -0.455 e. The molecule has 0 unspecified atom stereocenters. The molecule has 0 bridgehead atoms. The Morgan fingerprint density at radius 1 is 0.419 bits per heavy atom. The molecule has 0 aliphatic heterocycles. The molecule has 3 heterocycles. The molecule has 0 spiro atoms. The fraction of sp³-hybridized carbons (Fsp3) is 0. The van der Waals surface area contributed by atoms with E-state index >= 15 is 0 Å². The van der Waals surface area contributed by atoms with Crippen molar-refractivity contribution >= 4 is 87.0 Å². The Morgan fingerprint density at radius 3 is 1.66 bits per heavy atom. The van der Waals surface area contributed by atoms with Crippen molar-refractivity contribution in [3.05, 3.63) is 206 Å². The number of benzene rings is 10. The Hall–Kier alpha value is -8.52. The van der Waals surface area contributed by atoms with E-state index < -0.39 is 0 Å². The van der Waals surface area contributed by atoms with Gasteiger partial charge in [-0.2, -0.15) is 5.26 Å². The fourth-order valence-electron chi connectivity index (χ4n) is 10.1. The second-order valence-corrected chi connectivity index (χ2v) is 16.1. The van der Waals surface area contributed by atoms with Crippen molar-refractivity contribution in [1.82, 2.24) is 9.55 Å². The van der Waals surface area contributed by atoms with Crippen LogP contribution >= 0.6 is 0 Å². The van der Waals surface area contributed by atoms with E-state index in [1.165, 1.54) is 32.7 Å². The minimum atomic E-state index is 0.644. The van der Waals surface area contributed by atoms with Gasteiger partial charge < -0.3 is 8.98 Å². The highest BCUT2D eigenvalue weighted by atomic mass is 16.3. The smallest absolute Gasteiger partial charge is 0.144 e. The third-order valence-corrected chi connectivity index (χ3v) is 12.8. The summed E-state index contributed by atoms with van der Waals surface area (Å²) in [5.41, 5.74) is 13.2.